The number of thiocarbonyl (C=S) groups is 1. The van der Waals surface area contributed by atoms with E-state index in [-0.39, 0.29) is 0 Å². The Morgan fingerprint density at radius 3 is 2.23 bits per heavy atom. The summed E-state index contributed by atoms with van der Waals surface area (Å²) in [5.41, 5.74) is 2.80. The van der Waals surface area contributed by atoms with Gasteiger partial charge in [-0.15, -0.1) is 0 Å². The highest BCUT2D eigenvalue weighted by atomic mass is 32.1. The first-order valence-corrected chi connectivity index (χ1v) is 7.68. The number of ether oxygens (including phenoxy) is 1. The van der Waals surface area contributed by atoms with Gasteiger partial charge in [0.25, 0.3) is 0 Å². The van der Waals surface area contributed by atoms with Crippen molar-refractivity contribution >= 4 is 29.1 Å². The Morgan fingerprint density at radius 2 is 1.68 bits per heavy atom. The number of carbonyl (C=O) groups is 1. The number of amides is 1. The average Bonchev–Trinajstić information content (AvgIpc) is 2.37. The molecule has 0 saturated heterocycles. The fourth-order valence-electron chi connectivity index (χ4n) is 1.82. The predicted octanol–water partition coefficient (Wildman–Crippen LogP) is 3.11. The van der Waals surface area contributed by atoms with Gasteiger partial charge < -0.3 is 20.7 Å². The van der Waals surface area contributed by atoms with Gasteiger partial charge in [-0.25, -0.2) is 4.79 Å². The summed E-state index contributed by atoms with van der Waals surface area (Å²) in [7, 11) is 0. The van der Waals surface area contributed by atoms with Gasteiger partial charge in [-0.3, -0.25) is 0 Å². The maximum absolute atomic E-state index is 11.5. The second-order valence-electron chi connectivity index (χ2n) is 6.08. The van der Waals surface area contributed by atoms with Crippen LogP contribution in [0.15, 0.2) is 18.2 Å². The fourth-order valence-corrected chi connectivity index (χ4v) is 2.03. The Hall–Kier alpha value is -1.82. The highest BCUT2D eigenvalue weighted by molar-refractivity contribution is 7.80. The van der Waals surface area contributed by atoms with Crippen LogP contribution in [0.3, 0.4) is 0 Å². The minimum absolute atomic E-state index is 0.428. The van der Waals surface area contributed by atoms with Crippen molar-refractivity contribution in [2.75, 3.05) is 18.4 Å². The summed E-state index contributed by atoms with van der Waals surface area (Å²) in [6, 6.07) is 6.07. The second-order valence-corrected chi connectivity index (χ2v) is 6.48. The zero-order valence-electron chi connectivity index (χ0n) is 13.9. The third-order valence-corrected chi connectivity index (χ3v) is 3.04. The molecule has 0 bridgehead atoms. The molecule has 1 rings (SSSR count). The molecule has 5 nitrogen and oxygen atoms in total. The molecule has 0 aliphatic heterocycles. The number of aryl methyl sites for hydroxylation is 2. The molecule has 0 spiro atoms. The number of hydrogen-bond donors (Lipinski definition) is 3. The van der Waals surface area contributed by atoms with Gasteiger partial charge in [0.05, 0.1) is 0 Å². The van der Waals surface area contributed by atoms with E-state index in [4.69, 9.17) is 17.0 Å². The largest absolute Gasteiger partial charge is 0.444 e. The summed E-state index contributed by atoms with van der Waals surface area (Å²) in [5.74, 6) is 0. The van der Waals surface area contributed by atoms with E-state index < -0.39 is 11.7 Å². The number of nitrogens with one attached hydrogen (secondary N) is 3. The zero-order valence-corrected chi connectivity index (χ0v) is 14.7. The second kappa shape index (κ2) is 7.98. The summed E-state index contributed by atoms with van der Waals surface area (Å²) in [6.07, 6.45) is -0.428. The van der Waals surface area contributed by atoms with Gasteiger partial charge in [-0.1, -0.05) is 18.2 Å². The Morgan fingerprint density at radius 1 is 1.14 bits per heavy atom. The normalized spacial score (nSPS) is 10.8. The van der Waals surface area contributed by atoms with Crippen molar-refractivity contribution in [3.63, 3.8) is 0 Å². The molecule has 0 unspecified atom stereocenters. The lowest BCUT2D eigenvalue weighted by Gasteiger charge is -2.20. The molecule has 0 aliphatic rings. The molecule has 3 N–H and O–H groups in total. The molecule has 122 valence electrons. The maximum Gasteiger partial charge on any atom is 0.407 e. The van der Waals surface area contributed by atoms with Crippen LogP contribution < -0.4 is 16.0 Å². The van der Waals surface area contributed by atoms with Crippen molar-refractivity contribution in [2.24, 2.45) is 0 Å². The summed E-state index contributed by atoms with van der Waals surface area (Å²) in [6.45, 7) is 10.5. The van der Waals surface area contributed by atoms with Crippen molar-refractivity contribution in [1.82, 2.24) is 10.6 Å². The van der Waals surface area contributed by atoms with Crippen molar-refractivity contribution in [2.45, 2.75) is 40.2 Å². The van der Waals surface area contributed by atoms with Crippen LogP contribution in [-0.4, -0.2) is 29.9 Å². The molecule has 0 heterocycles. The molecular weight excluding hydrogens is 298 g/mol. The lowest BCUT2D eigenvalue weighted by Crippen LogP contribution is -2.39. The number of hydrogen-bond acceptors (Lipinski definition) is 3. The molecule has 0 aliphatic carbocycles. The van der Waals surface area contributed by atoms with Gasteiger partial charge in [-0.2, -0.15) is 0 Å². The quantitative estimate of drug-likeness (QED) is 0.587. The molecule has 0 radical (unpaired) electrons. The molecule has 0 fully saturated rings. The summed E-state index contributed by atoms with van der Waals surface area (Å²) in [5, 5.41) is 9.44. The van der Waals surface area contributed by atoms with E-state index in [0.717, 1.165) is 16.8 Å². The number of carbonyl (C=O) groups excluding carboxylic acids is 1. The predicted molar refractivity (Wildman–Crippen MR) is 94.4 cm³/mol. The van der Waals surface area contributed by atoms with Crippen LogP contribution in [0.4, 0.5) is 10.5 Å². The van der Waals surface area contributed by atoms with Crippen LogP contribution in [0.2, 0.25) is 0 Å². The third kappa shape index (κ3) is 6.76. The number of alkyl carbamates (subject to hydrolysis) is 1. The lowest BCUT2D eigenvalue weighted by molar-refractivity contribution is 0.0529. The van der Waals surface area contributed by atoms with Crippen LogP contribution in [0, 0.1) is 13.8 Å². The van der Waals surface area contributed by atoms with E-state index in [1.165, 1.54) is 0 Å². The summed E-state index contributed by atoms with van der Waals surface area (Å²) in [4.78, 5) is 11.5. The number of anilines is 1. The Balaban J connectivity index is 2.31. The van der Waals surface area contributed by atoms with Crippen LogP contribution in [0.5, 0.6) is 0 Å². The van der Waals surface area contributed by atoms with Gasteiger partial charge in [0, 0.05) is 18.8 Å². The van der Waals surface area contributed by atoms with Crippen molar-refractivity contribution in [3.8, 4) is 0 Å². The van der Waals surface area contributed by atoms with E-state index in [0.29, 0.717) is 18.2 Å². The average molecular weight is 323 g/mol. The first kappa shape index (κ1) is 18.2. The molecule has 6 heteroatoms. The van der Waals surface area contributed by atoms with Gasteiger partial charge in [0.2, 0.25) is 0 Å². The SMILES string of the molecule is Cc1cccc(C)c1NC(=S)NCCNC(=O)OC(C)(C)C. The molecule has 0 atom stereocenters. The molecule has 0 aromatic heterocycles. The fraction of sp³-hybridized carbons (Fsp3) is 0.500. The molecule has 1 amide bonds. The number of benzene rings is 1. The first-order chi connectivity index (χ1) is 10.2. The maximum atomic E-state index is 11.5. The van der Waals surface area contributed by atoms with Crippen molar-refractivity contribution in [1.29, 1.82) is 0 Å². The zero-order chi connectivity index (χ0) is 16.8. The monoisotopic (exact) mass is 323 g/mol. The van der Waals surface area contributed by atoms with Crippen molar-refractivity contribution < 1.29 is 9.53 Å². The number of rotatable bonds is 4. The van der Waals surface area contributed by atoms with Crippen LogP contribution in [0.1, 0.15) is 31.9 Å². The standard InChI is InChI=1S/C16H25N3O2S/c1-11-7-6-8-12(2)13(11)19-14(22)17-9-10-18-15(20)21-16(3,4)5/h6-8H,9-10H2,1-5H3,(H,18,20)(H2,17,19,22). The summed E-state index contributed by atoms with van der Waals surface area (Å²) >= 11 is 5.26. The minimum Gasteiger partial charge on any atom is -0.444 e. The molecule has 0 saturated carbocycles. The Kier molecular flexibility index (Phi) is 6.61. The van der Waals surface area contributed by atoms with Gasteiger partial charge in [-0.05, 0) is 58.0 Å². The van der Waals surface area contributed by atoms with E-state index in [2.05, 4.69) is 16.0 Å². The minimum atomic E-state index is -0.489. The van der Waals surface area contributed by atoms with Crippen molar-refractivity contribution in [3.05, 3.63) is 29.3 Å². The first-order valence-electron chi connectivity index (χ1n) is 7.27. The highest BCUT2D eigenvalue weighted by Crippen LogP contribution is 2.18. The third-order valence-electron chi connectivity index (χ3n) is 2.80. The molecule has 1 aromatic carbocycles. The molecule has 1 aromatic rings. The molecular formula is C16H25N3O2S. The van der Waals surface area contributed by atoms with E-state index in [1.54, 1.807) is 0 Å². The lowest BCUT2D eigenvalue weighted by atomic mass is 10.1. The van der Waals surface area contributed by atoms with E-state index >= 15 is 0 Å². The number of para-hydroxylation sites is 1. The highest BCUT2D eigenvalue weighted by Gasteiger charge is 2.15. The Bertz CT molecular complexity index is 518. The smallest absolute Gasteiger partial charge is 0.407 e. The van der Waals surface area contributed by atoms with E-state index in [1.807, 2.05) is 52.8 Å². The van der Waals surface area contributed by atoms with Crippen LogP contribution in [0.25, 0.3) is 0 Å². The van der Waals surface area contributed by atoms with Gasteiger partial charge in [0.1, 0.15) is 5.60 Å². The van der Waals surface area contributed by atoms with Crippen LogP contribution in [-0.2, 0) is 4.74 Å². The van der Waals surface area contributed by atoms with Gasteiger partial charge >= 0.3 is 6.09 Å². The Labute approximate surface area is 137 Å². The van der Waals surface area contributed by atoms with E-state index in [9.17, 15) is 4.79 Å². The topological polar surface area (TPSA) is 62.4 Å². The van der Waals surface area contributed by atoms with Crippen LogP contribution >= 0.6 is 12.2 Å². The molecule has 22 heavy (non-hydrogen) atoms. The van der Waals surface area contributed by atoms with Gasteiger partial charge in [0.15, 0.2) is 5.11 Å². The summed E-state index contributed by atoms with van der Waals surface area (Å²) < 4.78 is 5.15.